The quantitative estimate of drug-likeness (QED) is 0.544. The van der Waals surface area contributed by atoms with Gasteiger partial charge in [0.1, 0.15) is 5.82 Å². The van der Waals surface area contributed by atoms with Gasteiger partial charge >= 0.3 is 5.69 Å². The molecule has 0 spiro atoms. The standard InChI is InChI=1S/C21H25FN6O2/c1-12-17-15(19(29)28(24)20(30)27(17)14-3-4-14)9-16(22)18(12)26-10-13(11-26)21(5-6-21)25-8-2-7-23/h9,13-14,25H,2-6,8,10-11,24H2,1H3. The second-order valence-corrected chi connectivity index (χ2v) is 8.88. The molecule has 3 N–H and O–H groups in total. The predicted octanol–water partition coefficient (Wildman–Crippen LogP) is 1.13. The normalized spacial score (nSPS) is 20.2. The van der Waals surface area contributed by atoms with Crippen LogP contribution in [0, 0.1) is 30.0 Å². The summed E-state index contributed by atoms with van der Waals surface area (Å²) >= 11 is 0. The van der Waals surface area contributed by atoms with E-state index in [1.165, 1.54) is 6.07 Å². The number of nitriles is 1. The Morgan fingerprint density at radius 2 is 2.03 bits per heavy atom. The Kier molecular flexibility index (Phi) is 4.19. The Hall–Kier alpha value is -2.86. The Labute approximate surface area is 172 Å². The van der Waals surface area contributed by atoms with Gasteiger partial charge in [-0.1, -0.05) is 0 Å². The lowest BCUT2D eigenvalue weighted by Gasteiger charge is -2.46. The Morgan fingerprint density at radius 3 is 2.63 bits per heavy atom. The number of rotatable bonds is 6. The first-order valence-electron chi connectivity index (χ1n) is 10.5. The van der Waals surface area contributed by atoms with E-state index in [4.69, 9.17) is 11.1 Å². The van der Waals surface area contributed by atoms with Gasteiger partial charge in [0, 0.05) is 49.1 Å². The highest BCUT2D eigenvalue weighted by Gasteiger charge is 2.53. The van der Waals surface area contributed by atoms with Gasteiger partial charge in [0.05, 0.1) is 22.7 Å². The molecule has 3 aliphatic rings. The van der Waals surface area contributed by atoms with Crippen molar-refractivity contribution >= 4 is 16.6 Å². The van der Waals surface area contributed by atoms with Crippen LogP contribution in [0.4, 0.5) is 10.1 Å². The van der Waals surface area contributed by atoms with Crippen LogP contribution in [-0.4, -0.2) is 34.4 Å². The number of nitrogens with two attached hydrogens (primary N) is 1. The highest BCUT2D eigenvalue weighted by molar-refractivity contribution is 5.87. The molecule has 0 atom stereocenters. The van der Waals surface area contributed by atoms with E-state index in [2.05, 4.69) is 11.4 Å². The molecule has 158 valence electrons. The molecule has 5 rings (SSSR count). The number of halogens is 1. The van der Waals surface area contributed by atoms with E-state index >= 15 is 4.39 Å². The van der Waals surface area contributed by atoms with Crippen LogP contribution in [0.1, 0.15) is 43.7 Å². The molecule has 0 amide bonds. The number of fused-ring (bicyclic) bond motifs is 1. The lowest BCUT2D eigenvalue weighted by Crippen LogP contribution is -2.58. The third-order valence-electron chi connectivity index (χ3n) is 6.96. The van der Waals surface area contributed by atoms with E-state index < -0.39 is 17.1 Å². The number of nitrogens with one attached hydrogen (secondary N) is 1. The Bertz CT molecular complexity index is 1200. The fourth-order valence-electron chi connectivity index (χ4n) is 4.96. The van der Waals surface area contributed by atoms with Gasteiger partial charge in [0.15, 0.2) is 0 Å². The first kappa shape index (κ1) is 19.1. The van der Waals surface area contributed by atoms with Crippen LogP contribution in [0.15, 0.2) is 15.7 Å². The highest BCUT2D eigenvalue weighted by atomic mass is 19.1. The summed E-state index contributed by atoms with van der Waals surface area (Å²) in [7, 11) is 0. The molecule has 2 aromatic rings. The summed E-state index contributed by atoms with van der Waals surface area (Å²) in [6, 6.07) is 3.39. The minimum absolute atomic E-state index is 0.00983. The van der Waals surface area contributed by atoms with Crippen molar-refractivity contribution in [2.45, 2.75) is 50.6 Å². The number of nitrogens with zero attached hydrogens (tertiary/aromatic N) is 4. The zero-order chi connectivity index (χ0) is 21.2. The molecule has 2 heterocycles. The van der Waals surface area contributed by atoms with Crippen LogP contribution in [0.3, 0.4) is 0 Å². The van der Waals surface area contributed by atoms with Gasteiger partial charge in [0.25, 0.3) is 5.56 Å². The van der Waals surface area contributed by atoms with Crippen molar-refractivity contribution in [1.29, 1.82) is 5.26 Å². The van der Waals surface area contributed by atoms with E-state index in [1.807, 2.05) is 4.90 Å². The SMILES string of the molecule is Cc1c(N2CC(C3(NCCC#N)CC3)C2)c(F)cc2c(=O)n(N)c(=O)n(C3CC3)c12. The molecular weight excluding hydrogens is 387 g/mol. The first-order chi connectivity index (χ1) is 14.4. The maximum Gasteiger partial charge on any atom is 0.350 e. The molecule has 0 bridgehead atoms. The summed E-state index contributed by atoms with van der Waals surface area (Å²) in [5, 5.41) is 12.4. The molecule has 2 aliphatic carbocycles. The summed E-state index contributed by atoms with van der Waals surface area (Å²) < 4.78 is 17.3. The molecule has 3 fully saturated rings. The van der Waals surface area contributed by atoms with Crippen molar-refractivity contribution in [3.8, 4) is 6.07 Å². The van der Waals surface area contributed by atoms with E-state index in [-0.39, 0.29) is 17.0 Å². The fraction of sp³-hybridized carbons (Fsp3) is 0.571. The third-order valence-corrected chi connectivity index (χ3v) is 6.96. The minimum atomic E-state index is -0.666. The van der Waals surface area contributed by atoms with Crippen LogP contribution in [0.25, 0.3) is 10.9 Å². The number of aryl methyl sites for hydroxylation is 1. The van der Waals surface area contributed by atoms with E-state index in [1.54, 1.807) is 11.5 Å². The zero-order valence-corrected chi connectivity index (χ0v) is 16.9. The highest BCUT2D eigenvalue weighted by Crippen LogP contribution is 2.48. The van der Waals surface area contributed by atoms with Crippen LogP contribution < -0.4 is 27.3 Å². The largest absolute Gasteiger partial charge is 0.368 e. The second-order valence-electron chi connectivity index (χ2n) is 8.88. The monoisotopic (exact) mass is 412 g/mol. The van der Waals surface area contributed by atoms with Crippen LogP contribution in [0.2, 0.25) is 0 Å². The number of hydrogen-bond donors (Lipinski definition) is 2. The van der Waals surface area contributed by atoms with Gasteiger partial charge in [-0.15, -0.1) is 0 Å². The average molecular weight is 412 g/mol. The lowest BCUT2D eigenvalue weighted by molar-refractivity contribution is 0.275. The van der Waals surface area contributed by atoms with Gasteiger partial charge in [-0.25, -0.2) is 9.18 Å². The summed E-state index contributed by atoms with van der Waals surface area (Å²) in [4.78, 5) is 27.2. The summed E-state index contributed by atoms with van der Waals surface area (Å²) in [6.45, 7) is 3.88. The molecule has 1 aromatic heterocycles. The van der Waals surface area contributed by atoms with E-state index in [0.29, 0.717) is 53.4 Å². The van der Waals surface area contributed by atoms with Crippen molar-refractivity contribution in [1.82, 2.24) is 14.6 Å². The summed E-state index contributed by atoms with van der Waals surface area (Å²) in [5.41, 5.74) is 0.443. The first-order valence-corrected chi connectivity index (χ1v) is 10.5. The molecule has 1 saturated heterocycles. The topological polar surface area (TPSA) is 109 Å². The molecule has 0 unspecified atom stereocenters. The second kappa shape index (κ2) is 6.57. The Balaban J connectivity index is 1.51. The molecule has 1 aromatic carbocycles. The van der Waals surface area contributed by atoms with Crippen molar-refractivity contribution < 1.29 is 4.39 Å². The minimum Gasteiger partial charge on any atom is -0.368 e. The van der Waals surface area contributed by atoms with Crippen LogP contribution in [0.5, 0.6) is 0 Å². The van der Waals surface area contributed by atoms with E-state index in [0.717, 1.165) is 25.7 Å². The summed E-state index contributed by atoms with van der Waals surface area (Å²) in [5.74, 6) is 5.62. The molecule has 0 radical (unpaired) electrons. The zero-order valence-electron chi connectivity index (χ0n) is 16.9. The maximum absolute atomic E-state index is 15.1. The number of hydrogen-bond acceptors (Lipinski definition) is 6. The number of aromatic nitrogens is 2. The summed E-state index contributed by atoms with van der Waals surface area (Å²) in [6.07, 6.45) is 4.33. The molecule has 9 heteroatoms. The molecule has 2 saturated carbocycles. The van der Waals surface area contributed by atoms with Crippen molar-refractivity contribution in [2.24, 2.45) is 5.92 Å². The van der Waals surface area contributed by atoms with Crippen LogP contribution in [-0.2, 0) is 0 Å². The average Bonchev–Trinajstić information content (AvgIpc) is 3.59. The van der Waals surface area contributed by atoms with Crippen molar-refractivity contribution in [3.63, 3.8) is 0 Å². The van der Waals surface area contributed by atoms with Gasteiger partial charge in [-0.3, -0.25) is 9.36 Å². The van der Waals surface area contributed by atoms with Crippen LogP contribution >= 0.6 is 0 Å². The van der Waals surface area contributed by atoms with Gasteiger partial charge in [0.2, 0.25) is 0 Å². The Morgan fingerprint density at radius 1 is 1.33 bits per heavy atom. The molecule has 30 heavy (non-hydrogen) atoms. The number of anilines is 1. The smallest absolute Gasteiger partial charge is 0.350 e. The molecule has 1 aliphatic heterocycles. The fourth-order valence-corrected chi connectivity index (χ4v) is 4.96. The van der Waals surface area contributed by atoms with Gasteiger partial charge < -0.3 is 16.1 Å². The molecule has 8 nitrogen and oxygen atoms in total. The van der Waals surface area contributed by atoms with Crippen molar-refractivity contribution in [2.75, 3.05) is 30.4 Å². The third kappa shape index (κ3) is 2.74. The number of benzene rings is 1. The van der Waals surface area contributed by atoms with Crippen molar-refractivity contribution in [3.05, 3.63) is 38.3 Å². The van der Waals surface area contributed by atoms with Gasteiger partial charge in [-0.2, -0.15) is 9.94 Å². The van der Waals surface area contributed by atoms with E-state index in [9.17, 15) is 9.59 Å². The predicted molar refractivity (Wildman–Crippen MR) is 111 cm³/mol. The van der Waals surface area contributed by atoms with Gasteiger partial charge in [-0.05, 0) is 38.7 Å². The lowest BCUT2D eigenvalue weighted by atomic mass is 9.87. The maximum atomic E-state index is 15.1. The number of nitrogen functional groups attached to an aromatic ring is 1. The molecular formula is C21H25FN6O2.